The minimum atomic E-state index is -0.905. The third-order valence-corrected chi connectivity index (χ3v) is 5.53. The highest BCUT2D eigenvalue weighted by Gasteiger charge is 2.13. The molecule has 0 fully saturated rings. The molecule has 0 saturated heterocycles. The number of carbonyl (C=O) groups is 1. The molecule has 2 aromatic carbocycles. The summed E-state index contributed by atoms with van der Waals surface area (Å²) in [5.74, 6) is 0.391. The van der Waals surface area contributed by atoms with Gasteiger partial charge in [0.1, 0.15) is 0 Å². The van der Waals surface area contributed by atoms with E-state index < -0.39 is 10.8 Å². The van der Waals surface area contributed by atoms with Crippen molar-refractivity contribution in [2.45, 2.75) is 12.7 Å². The summed E-state index contributed by atoms with van der Waals surface area (Å²) >= 11 is 1.48. The standard InChI is InChI=1S/C18H17NO2S2/c1-12-14(11-23(2)21)7-5-8-15(12)19-18(20)17-10-13-6-3-4-9-16(13)22-17/h3-10H,11H2,1-2H3,(H,19,20)/t23-/m1/s1. The maximum atomic E-state index is 12.5. The van der Waals surface area contributed by atoms with Crippen LogP contribution in [0.1, 0.15) is 20.8 Å². The topological polar surface area (TPSA) is 46.2 Å². The number of nitrogens with one attached hydrogen (secondary N) is 1. The number of fused-ring (bicyclic) bond motifs is 1. The molecule has 0 aliphatic rings. The average Bonchev–Trinajstić information content (AvgIpc) is 2.95. The molecule has 1 amide bonds. The molecule has 1 N–H and O–H groups in total. The second-order valence-electron chi connectivity index (χ2n) is 5.41. The lowest BCUT2D eigenvalue weighted by molar-refractivity contribution is 0.103. The van der Waals surface area contributed by atoms with E-state index in [4.69, 9.17) is 0 Å². The van der Waals surface area contributed by atoms with Gasteiger partial charge >= 0.3 is 0 Å². The lowest BCUT2D eigenvalue weighted by Crippen LogP contribution is -2.12. The first kappa shape index (κ1) is 15.9. The van der Waals surface area contributed by atoms with Crippen molar-refractivity contribution in [3.63, 3.8) is 0 Å². The molecule has 0 radical (unpaired) electrons. The van der Waals surface area contributed by atoms with Crippen LogP contribution in [0.5, 0.6) is 0 Å². The van der Waals surface area contributed by atoms with E-state index in [-0.39, 0.29) is 5.91 Å². The Balaban J connectivity index is 1.86. The molecule has 5 heteroatoms. The molecule has 0 spiro atoms. The lowest BCUT2D eigenvalue weighted by Gasteiger charge is -2.11. The van der Waals surface area contributed by atoms with Gasteiger partial charge in [-0.1, -0.05) is 30.3 Å². The van der Waals surface area contributed by atoms with Crippen LogP contribution < -0.4 is 5.32 Å². The molecule has 3 nitrogen and oxygen atoms in total. The number of thiophene rings is 1. The minimum Gasteiger partial charge on any atom is -0.321 e. The van der Waals surface area contributed by atoms with Gasteiger partial charge in [0.25, 0.3) is 5.91 Å². The fourth-order valence-corrected chi connectivity index (χ4v) is 4.18. The average molecular weight is 343 g/mol. The number of rotatable bonds is 4. The van der Waals surface area contributed by atoms with Crippen LogP contribution in [0.15, 0.2) is 48.5 Å². The third-order valence-electron chi connectivity index (χ3n) is 3.70. The van der Waals surface area contributed by atoms with E-state index in [1.807, 2.05) is 55.5 Å². The van der Waals surface area contributed by atoms with E-state index in [0.717, 1.165) is 26.9 Å². The molecule has 0 unspecified atom stereocenters. The Bertz CT molecular complexity index is 866. The van der Waals surface area contributed by atoms with Crippen LogP contribution in [0.2, 0.25) is 0 Å². The normalized spacial score (nSPS) is 12.3. The fraction of sp³-hybridized carbons (Fsp3) is 0.167. The second kappa shape index (κ2) is 6.64. The van der Waals surface area contributed by atoms with Gasteiger partial charge in [0.15, 0.2) is 0 Å². The van der Waals surface area contributed by atoms with Gasteiger partial charge in [-0.15, -0.1) is 11.3 Å². The van der Waals surface area contributed by atoms with E-state index >= 15 is 0 Å². The number of amides is 1. The SMILES string of the molecule is Cc1c(C[S@@](C)=O)cccc1NC(=O)c1cc2ccccc2s1. The van der Waals surface area contributed by atoms with Crippen LogP contribution in [-0.4, -0.2) is 16.4 Å². The Morgan fingerprint density at radius 3 is 2.70 bits per heavy atom. The van der Waals surface area contributed by atoms with Crippen LogP contribution >= 0.6 is 11.3 Å². The molecule has 3 aromatic rings. The summed E-state index contributed by atoms with van der Waals surface area (Å²) in [6.45, 7) is 1.95. The van der Waals surface area contributed by atoms with Gasteiger partial charge < -0.3 is 5.32 Å². The van der Waals surface area contributed by atoms with E-state index in [9.17, 15) is 9.00 Å². The maximum Gasteiger partial charge on any atom is 0.265 e. The highest BCUT2D eigenvalue weighted by Crippen LogP contribution is 2.27. The van der Waals surface area contributed by atoms with Gasteiger partial charge in [-0.3, -0.25) is 9.00 Å². The van der Waals surface area contributed by atoms with E-state index in [1.54, 1.807) is 6.26 Å². The van der Waals surface area contributed by atoms with E-state index in [1.165, 1.54) is 11.3 Å². The van der Waals surface area contributed by atoms with Crippen molar-refractivity contribution >= 4 is 43.8 Å². The molecule has 1 atom stereocenters. The second-order valence-corrected chi connectivity index (χ2v) is 7.93. The number of carbonyl (C=O) groups excluding carboxylic acids is 1. The summed E-state index contributed by atoms with van der Waals surface area (Å²) in [6.07, 6.45) is 1.68. The van der Waals surface area contributed by atoms with E-state index in [0.29, 0.717) is 10.6 Å². The molecule has 1 aromatic heterocycles. The Morgan fingerprint density at radius 1 is 1.17 bits per heavy atom. The zero-order chi connectivity index (χ0) is 16.4. The van der Waals surface area contributed by atoms with Gasteiger partial charge in [0.2, 0.25) is 0 Å². The van der Waals surface area contributed by atoms with Crippen molar-refractivity contribution in [3.05, 3.63) is 64.5 Å². The molecule has 3 rings (SSSR count). The molecular formula is C18H17NO2S2. The maximum absolute atomic E-state index is 12.5. The minimum absolute atomic E-state index is 0.107. The predicted molar refractivity (Wildman–Crippen MR) is 98.7 cm³/mol. The smallest absolute Gasteiger partial charge is 0.265 e. The molecular weight excluding hydrogens is 326 g/mol. The predicted octanol–water partition coefficient (Wildman–Crippen LogP) is 4.34. The van der Waals surface area contributed by atoms with Crippen LogP contribution in [0, 0.1) is 6.92 Å². The molecule has 0 aliphatic carbocycles. The third kappa shape index (κ3) is 3.51. The molecule has 0 aliphatic heterocycles. The van der Waals surface area contributed by atoms with Crippen molar-refractivity contribution in [1.82, 2.24) is 0 Å². The first-order valence-electron chi connectivity index (χ1n) is 7.23. The van der Waals surface area contributed by atoms with Crippen molar-refractivity contribution in [3.8, 4) is 0 Å². The summed E-state index contributed by atoms with van der Waals surface area (Å²) in [5, 5.41) is 4.05. The van der Waals surface area contributed by atoms with Crippen LogP contribution in [-0.2, 0) is 16.6 Å². The van der Waals surface area contributed by atoms with Gasteiger partial charge in [0.05, 0.1) is 4.88 Å². The number of anilines is 1. The summed E-state index contributed by atoms with van der Waals surface area (Å²) in [4.78, 5) is 13.2. The Labute approximate surface area is 141 Å². The summed E-state index contributed by atoms with van der Waals surface area (Å²) in [5.41, 5.74) is 2.74. The van der Waals surface area contributed by atoms with Crippen molar-refractivity contribution in [2.75, 3.05) is 11.6 Å². The number of benzene rings is 2. The summed E-state index contributed by atoms with van der Waals surface area (Å²) < 4.78 is 12.5. The first-order valence-corrected chi connectivity index (χ1v) is 9.77. The van der Waals surface area contributed by atoms with Crippen molar-refractivity contribution < 1.29 is 9.00 Å². The van der Waals surface area contributed by atoms with Crippen molar-refractivity contribution in [1.29, 1.82) is 0 Å². The highest BCUT2D eigenvalue weighted by atomic mass is 32.2. The van der Waals surface area contributed by atoms with E-state index in [2.05, 4.69) is 5.32 Å². The summed E-state index contributed by atoms with van der Waals surface area (Å²) in [6, 6.07) is 15.6. The van der Waals surface area contributed by atoms with Crippen LogP contribution in [0.25, 0.3) is 10.1 Å². The molecule has 0 bridgehead atoms. The van der Waals surface area contributed by atoms with Crippen LogP contribution in [0.4, 0.5) is 5.69 Å². The molecule has 118 valence electrons. The molecule has 1 heterocycles. The lowest BCUT2D eigenvalue weighted by atomic mass is 10.1. The zero-order valence-corrected chi connectivity index (χ0v) is 14.6. The van der Waals surface area contributed by atoms with Gasteiger partial charge in [0, 0.05) is 33.2 Å². The molecule has 23 heavy (non-hydrogen) atoms. The highest BCUT2D eigenvalue weighted by molar-refractivity contribution is 7.83. The Kier molecular flexibility index (Phi) is 4.59. The monoisotopic (exact) mass is 343 g/mol. The fourth-order valence-electron chi connectivity index (χ4n) is 2.47. The summed E-state index contributed by atoms with van der Waals surface area (Å²) in [7, 11) is -0.905. The largest absolute Gasteiger partial charge is 0.321 e. The van der Waals surface area contributed by atoms with Crippen molar-refractivity contribution in [2.24, 2.45) is 0 Å². The number of hydrogen-bond donors (Lipinski definition) is 1. The Hall–Kier alpha value is -1.98. The Morgan fingerprint density at radius 2 is 1.96 bits per heavy atom. The molecule has 0 saturated carbocycles. The van der Waals surface area contributed by atoms with Gasteiger partial charge in [-0.25, -0.2) is 0 Å². The zero-order valence-electron chi connectivity index (χ0n) is 13.0. The number of hydrogen-bond acceptors (Lipinski definition) is 3. The van der Waals surface area contributed by atoms with Gasteiger partial charge in [-0.05, 0) is 41.6 Å². The van der Waals surface area contributed by atoms with Gasteiger partial charge in [-0.2, -0.15) is 0 Å². The quantitative estimate of drug-likeness (QED) is 0.766. The first-order chi connectivity index (χ1) is 11.0. The van der Waals surface area contributed by atoms with Crippen LogP contribution in [0.3, 0.4) is 0 Å².